The van der Waals surface area contributed by atoms with Crippen molar-refractivity contribution in [1.82, 2.24) is 10.3 Å². The van der Waals surface area contributed by atoms with Crippen molar-refractivity contribution in [2.24, 2.45) is 5.92 Å². The van der Waals surface area contributed by atoms with E-state index in [0.29, 0.717) is 11.5 Å². The minimum absolute atomic E-state index is 0.0748. The van der Waals surface area contributed by atoms with Crippen LogP contribution in [0.2, 0.25) is 0 Å². The molecule has 1 aromatic heterocycles. The number of carbonyl (C=O) groups excluding carboxylic acids is 1. The second-order valence-electron chi connectivity index (χ2n) is 8.16. The molecule has 3 N–H and O–H groups in total. The molecular weight excluding hydrogens is 390 g/mol. The Hall–Kier alpha value is -3.41. The number of pyridine rings is 1. The molecule has 0 aliphatic rings. The van der Waals surface area contributed by atoms with E-state index in [1.807, 2.05) is 36.5 Å². The summed E-state index contributed by atoms with van der Waals surface area (Å²) in [4.78, 5) is 27.4. The molecule has 0 bridgehead atoms. The minimum atomic E-state index is -0.934. The lowest BCUT2D eigenvalue weighted by molar-refractivity contribution is -0.136. The van der Waals surface area contributed by atoms with E-state index in [2.05, 4.69) is 42.5 Å². The van der Waals surface area contributed by atoms with Crippen LogP contribution >= 0.6 is 0 Å². The van der Waals surface area contributed by atoms with E-state index in [1.165, 1.54) is 0 Å². The largest absolute Gasteiger partial charge is 0.481 e. The third-order valence-electron chi connectivity index (χ3n) is 5.28. The lowest BCUT2D eigenvalue weighted by atomic mass is 9.95. The number of amides is 1. The summed E-state index contributed by atoms with van der Waals surface area (Å²) >= 11 is 0. The number of anilines is 1. The Balaban J connectivity index is 1.79. The zero-order chi connectivity index (χ0) is 22.4. The number of carboxylic acid groups (broad SMARTS) is 1. The summed E-state index contributed by atoms with van der Waals surface area (Å²) in [7, 11) is 0. The Bertz CT molecular complexity index is 1060. The molecule has 1 amide bonds. The van der Waals surface area contributed by atoms with Gasteiger partial charge in [-0.25, -0.2) is 0 Å². The number of carboxylic acids is 1. The number of nitrogens with zero attached hydrogens (tertiary/aromatic N) is 1. The molecule has 1 heterocycles. The summed E-state index contributed by atoms with van der Waals surface area (Å²) in [5, 5.41) is 16.1. The Morgan fingerprint density at radius 1 is 1.06 bits per heavy atom. The topological polar surface area (TPSA) is 91.3 Å². The van der Waals surface area contributed by atoms with Gasteiger partial charge < -0.3 is 15.7 Å². The monoisotopic (exact) mass is 419 g/mol. The summed E-state index contributed by atoms with van der Waals surface area (Å²) < 4.78 is 0. The van der Waals surface area contributed by atoms with Gasteiger partial charge in [0.05, 0.1) is 29.9 Å². The number of benzene rings is 2. The summed E-state index contributed by atoms with van der Waals surface area (Å²) in [5.41, 5.74) is 4.74. The van der Waals surface area contributed by atoms with Gasteiger partial charge in [-0.3, -0.25) is 14.6 Å². The van der Waals surface area contributed by atoms with Gasteiger partial charge in [0.2, 0.25) is 0 Å². The zero-order valence-electron chi connectivity index (χ0n) is 18.2. The fourth-order valence-corrected chi connectivity index (χ4v) is 3.61. The zero-order valence-corrected chi connectivity index (χ0v) is 18.2. The van der Waals surface area contributed by atoms with Crippen LogP contribution in [0.3, 0.4) is 0 Å². The van der Waals surface area contributed by atoms with Gasteiger partial charge in [-0.05, 0) is 48.6 Å². The van der Waals surface area contributed by atoms with Crippen molar-refractivity contribution in [3.8, 4) is 0 Å². The summed E-state index contributed by atoms with van der Waals surface area (Å²) in [5.74, 6) is -0.724. The lowest BCUT2D eigenvalue weighted by Crippen LogP contribution is -2.26. The van der Waals surface area contributed by atoms with Gasteiger partial charge >= 0.3 is 5.97 Å². The van der Waals surface area contributed by atoms with E-state index in [9.17, 15) is 9.59 Å². The number of nitrogens with one attached hydrogen (secondary N) is 2. The Morgan fingerprint density at radius 2 is 1.77 bits per heavy atom. The molecule has 6 heteroatoms. The van der Waals surface area contributed by atoms with Crippen LogP contribution in [0.4, 0.5) is 5.69 Å². The van der Waals surface area contributed by atoms with Gasteiger partial charge in [0.15, 0.2) is 0 Å². The number of hydrogen-bond donors (Lipinski definition) is 3. The molecule has 0 saturated carbocycles. The summed E-state index contributed by atoms with van der Waals surface area (Å²) in [6.45, 7) is 6.58. The van der Waals surface area contributed by atoms with Crippen molar-refractivity contribution >= 4 is 28.5 Å². The molecular formula is C25H29N3O3. The molecule has 0 fully saturated rings. The van der Waals surface area contributed by atoms with Crippen molar-refractivity contribution in [2.75, 3.05) is 11.9 Å². The van der Waals surface area contributed by atoms with E-state index in [1.54, 1.807) is 12.1 Å². The Labute approximate surface area is 182 Å². The van der Waals surface area contributed by atoms with Crippen LogP contribution < -0.4 is 10.6 Å². The molecule has 1 atom stereocenters. The summed E-state index contributed by atoms with van der Waals surface area (Å²) in [6, 6.07) is 15.7. The molecule has 0 aliphatic heterocycles. The molecule has 0 spiro atoms. The van der Waals surface area contributed by atoms with Crippen LogP contribution in [0.25, 0.3) is 10.9 Å². The number of para-hydroxylation sites is 1. The molecule has 3 aromatic rings. The number of aryl methyl sites for hydroxylation is 1. The van der Waals surface area contributed by atoms with Gasteiger partial charge in [-0.2, -0.15) is 0 Å². The molecule has 2 aromatic carbocycles. The normalized spacial score (nSPS) is 12.0. The highest BCUT2D eigenvalue weighted by molar-refractivity contribution is 5.94. The smallest absolute Gasteiger partial charge is 0.305 e. The maximum Gasteiger partial charge on any atom is 0.305 e. The Kier molecular flexibility index (Phi) is 7.23. The maximum atomic E-state index is 12.2. The van der Waals surface area contributed by atoms with Crippen molar-refractivity contribution in [3.05, 3.63) is 71.4 Å². The third-order valence-corrected chi connectivity index (χ3v) is 5.28. The molecule has 0 unspecified atom stereocenters. The standard InChI is InChI=1S/C25H29N3O3/c1-16(2)14-22(28-23-15-27-21-7-5-4-6-20(21)17(23)3)18-8-10-19(11-9-18)25(31)26-13-12-24(29)30/h4-11,15-16,22,28H,12-14H2,1-3H3,(H,26,31)(H,29,30)/t22-/m0/s1. The van der Waals surface area contributed by atoms with E-state index < -0.39 is 5.97 Å². The molecule has 0 aliphatic carbocycles. The fraction of sp³-hybridized carbons (Fsp3) is 0.320. The number of hydrogen-bond acceptors (Lipinski definition) is 4. The Morgan fingerprint density at radius 3 is 2.45 bits per heavy atom. The van der Waals surface area contributed by atoms with Gasteiger partial charge in [0.25, 0.3) is 5.91 Å². The van der Waals surface area contributed by atoms with Crippen LogP contribution in [0.1, 0.15) is 54.2 Å². The molecule has 31 heavy (non-hydrogen) atoms. The predicted octanol–water partition coefficient (Wildman–Crippen LogP) is 4.95. The van der Waals surface area contributed by atoms with Gasteiger partial charge in [0, 0.05) is 17.5 Å². The molecule has 0 saturated heterocycles. The third kappa shape index (κ3) is 5.81. The molecule has 0 radical (unpaired) electrons. The van der Waals surface area contributed by atoms with Crippen LogP contribution in [0, 0.1) is 12.8 Å². The second-order valence-corrected chi connectivity index (χ2v) is 8.16. The first-order chi connectivity index (χ1) is 14.8. The van der Waals surface area contributed by atoms with Crippen LogP contribution in [-0.2, 0) is 4.79 Å². The number of rotatable bonds is 9. The van der Waals surface area contributed by atoms with E-state index in [0.717, 1.165) is 34.1 Å². The van der Waals surface area contributed by atoms with Crippen molar-refractivity contribution in [1.29, 1.82) is 0 Å². The van der Waals surface area contributed by atoms with Crippen LogP contribution in [0.15, 0.2) is 54.7 Å². The lowest BCUT2D eigenvalue weighted by Gasteiger charge is -2.24. The van der Waals surface area contributed by atoms with E-state index >= 15 is 0 Å². The average Bonchev–Trinajstić information content (AvgIpc) is 2.75. The fourth-order valence-electron chi connectivity index (χ4n) is 3.61. The predicted molar refractivity (Wildman–Crippen MR) is 123 cm³/mol. The highest BCUT2D eigenvalue weighted by Crippen LogP contribution is 2.30. The molecule has 162 valence electrons. The highest BCUT2D eigenvalue weighted by atomic mass is 16.4. The number of aromatic nitrogens is 1. The first-order valence-corrected chi connectivity index (χ1v) is 10.6. The maximum absolute atomic E-state index is 12.2. The number of carbonyl (C=O) groups is 2. The van der Waals surface area contributed by atoms with Gasteiger partial charge in [0.1, 0.15) is 0 Å². The first kappa shape index (κ1) is 22.3. The number of aliphatic carboxylic acids is 1. The molecule has 3 rings (SSSR count). The quantitative estimate of drug-likeness (QED) is 0.457. The highest BCUT2D eigenvalue weighted by Gasteiger charge is 2.16. The average molecular weight is 420 g/mol. The first-order valence-electron chi connectivity index (χ1n) is 10.6. The van der Waals surface area contributed by atoms with Crippen LogP contribution in [0.5, 0.6) is 0 Å². The van der Waals surface area contributed by atoms with Crippen LogP contribution in [-0.4, -0.2) is 28.5 Å². The molecule has 6 nitrogen and oxygen atoms in total. The van der Waals surface area contributed by atoms with Crippen molar-refractivity contribution < 1.29 is 14.7 Å². The number of fused-ring (bicyclic) bond motifs is 1. The van der Waals surface area contributed by atoms with Gasteiger partial charge in [-0.15, -0.1) is 0 Å². The SMILES string of the molecule is Cc1c(N[C@@H](CC(C)C)c2ccc(C(=O)NCCC(=O)O)cc2)cnc2ccccc12. The summed E-state index contributed by atoms with van der Waals surface area (Å²) in [6.07, 6.45) is 2.72. The minimum Gasteiger partial charge on any atom is -0.481 e. The van der Waals surface area contributed by atoms with E-state index in [-0.39, 0.29) is 24.9 Å². The van der Waals surface area contributed by atoms with Crippen molar-refractivity contribution in [2.45, 2.75) is 39.7 Å². The van der Waals surface area contributed by atoms with E-state index in [4.69, 9.17) is 5.11 Å². The van der Waals surface area contributed by atoms with Crippen molar-refractivity contribution in [3.63, 3.8) is 0 Å². The second kappa shape index (κ2) is 10.1. The van der Waals surface area contributed by atoms with Gasteiger partial charge in [-0.1, -0.05) is 44.2 Å².